The van der Waals surface area contributed by atoms with Gasteiger partial charge in [0.25, 0.3) is 5.91 Å². The Labute approximate surface area is 223 Å². The summed E-state index contributed by atoms with van der Waals surface area (Å²) in [5.41, 5.74) is -0.479. The zero-order valence-electron chi connectivity index (χ0n) is 20.9. The number of carbonyl (C=O) groups excluding carboxylic acids is 1. The zero-order chi connectivity index (χ0) is 28.2. The first-order valence-corrected chi connectivity index (χ1v) is 13.8. The lowest BCUT2D eigenvalue weighted by Crippen LogP contribution is -2.32. The van der Waals surface area contributed by atoms with E-state index in [-0.39, 0.29) is 42.0 Å². The summed E-state index contributed by atoms with van der Waals surface area (Å²) in [7, 11) is -4.10. The van der Waals surface area contributed by atoms with Gasteiger partial charge in [-0.25, -0.2) is 17.8 Å². The third-order valence-corrected chi connectivity index (χ3v) is 7.92. The van der Waals surface area contributed by atoms with E-state index in [0.29, 0.717) is 18.7 Å². The van der Waals surface area contributed by atoms with Crippen LogP contribution in [0.15, 0.2) is 72.5 Å². The van der Waals surface area contributed by atoms with Gasteiger partial charge in [0.2, 0.25) is 15.0 Å². The molecule has 1 amide bonds. The fraction of sp³-hybridized carbons (Fsp3) is 0.333. The van der Waals surface area contributed by atoms with Crippen LogP contribution in [0.4, 0.5) is 17.6 Å². The molecule has 0 saturated carbocycles. The molecule has 0 N–H and O–H groups in total. The molecule has 0 spiro atoms. The first-order chi connectivity index (χ1) is 18.5. The van der Waals surface area contributed by atoms with E-state index < -0.39 is 39.1 Å². The van der Waals surface area contributed by atoms with Crippen molar-refractivity contribution in [3.8, 4) is 0 Å². The topological polar surface area (TPSA) is 81.5 Å². The van der Waals surface area contributed by atoms with Crippen LogP contribution < -0.4 is 0 Å². The first-order valence-electron chi connectivity index (χ1n) is 12.2. The van der Waals surface area contributed by atoms with E-state index in [2.05, 4.69) is 11.6 Å². The number of ether oxygens (including phenoxy) is 1. The molecule has 0 radical (unpaired) electrons. The van der Waals surface area contributed by atoms with E-state index in [1.165, 1.54) is 46.0 Å². The summed E-state index contributed by atoms with van der Waals surface area (Å²) in [6, 6.07) is 9.40. The number of aromatic nitrogens is 2. The molecule has 1 unspecified atom stereocenters. The molecule has 208 valence electrons. The van der Waals surface area contributed by atoms with Gasteiger partial charge >= 0.3 is 6.18 Å². The molecule has 39 heavy (non-hydrogen) atoms. The number of carbonyl (C=O) groups is 1. The van der Waals surface area contributed by atoms with Crippen molar-refractivity contribution < 1.29 is 35.5 Å². The Balaban J connectivity index is 1.65. The van der Waals surface area contributed by atoms with Gasteiger partial charge in [0, 0.05) is 24.3 Å². The van der Waals surface area contributed by atoms with E-state index in [0.717, 1.165) is 30.7 Å². The van der Waals surface area contributed by atoms with E-state index in [1.54, 1.807) is 0 Å². The molecular formula is C27H27F4N3O4S. The van der Waals surface area contributed by atoms with Crippen LogP contribution in [-0.4, -0.2) is 48.0 Å². The molecule has 2 heterocycles. The Morgan fingerprint density at radius 1 is 1.18 bits per heavy atom. The van der Waals surface area contributed by atoms with Crippen LogP contribution in [0.2, 0.25) is 0 Å². The van der Waals surface area contributed by atoms with Gasteiger partial charge in [-0.15, -0.1) is 6.58 Å². The molecule has 1 saturated heterocycles. The number of amides is 1. The summed E-state index contributed by atoms with van der Waals surface area (Å²) in [5, 5.41) is -0.281. The molecule has 1 atom stereocenters. The summed E-state index contributed by atoms with van der Waals surface area (Å²) < 4.78 is 87.0. The summed E-state index contributed by atoms with van der Waals surface area (Å²) in [5.74, 6) is -1.83. The maximum absolute atomic E-state index is 14.2. The first kappa shape index (κ1) is 28.5. The van der Waals surface area contributed by atoms with Gasteiger partial charge in [0.1, 0.15) is 5.82 Å². The number of hydrogen-bond donors (Lipinski definition) is 0. The lowest BCUT2D eigenvalue weighted by molar-refractivity contribution is -0.137. The molecule has 0 bridgehead atoms. The minimum absolute atomic E-state index is 0.00326. The third-order valence-electron chi connectivity index (χ3n) is 6.34. The number of imidazole rings is 1. The molecule has 1 aliphatic rings. The normalized spacial score (nSPS) is 15.8. The van der Waals surface area contributed by atoms with Crippen molar-refractivity contribution in [2.24, 2.45) is 0 Å². The molecule has 0 aliphatic carbocycles. The van der Waals surface area contributed by atoms with Gasteiger partial charge in [-0.1, -0.05) is 24.3 Å². The van der Waals surface area contributed by atoms with Crippen molar-refractivity contribution in [2.45, 2.75) is 49.1 Å². The van der Waals surface area contributed by atoms with E-state index >= 15 is 0 Å². The number of hydrogen-bond acceptors (Lipinski definition) is 5. The molecule has 1 aromatic heterocycles. The fourth-order valence-electron chi connectivity index (χ4n) is 4.39. The number of halogens is 4. The highest BCUT2D eigenvalue weighted by molar-refractivity contribution is 7.90. The van der Waals surface area contributed by atoms with Crippen LogP contribution in [-0.2, 0) is 39.6 Å². The highest BCUT2D eigenvalue weighted by atomic mass is 32.2. The highest BCUT2D eigenvalue weighted by Crippen LogP contribution is 2.29. The number of benzene rings is 2. The number of alkyl halides is 3. The van der Waals surface area contributed by atoms with E-state index in [4.69, 9.17) is 4.74 Å². The monoisotopic (exact) mass is 565 g/mol. The second-order valence-corrected chi connectivity index (χ2v) is 11.1. The quantitative estimate of drug-likeness (QED) is 0.255. The van der Waals surface area contributed by atoms with Crippen LogP contribution in [0, 0.1) is 5.82 Å². The van der Waals surface area contributed by atoms with Crippen molar-refractivity contribution in [2.75, 3.05) is 13.2 Å². The molecule has 7 nitrogen and oxygen atoms in total. The van der Waals surface area contributed by atoms with Gasteiger partial charge in [-0.05, 0) is 43.2 Å². The van der Waals surface area contributed by atoms with Crippen LogP contribution in [0.25, 0.3) is 0 Å². The van der Waals surface area contributed by atoms with Crippen LogP contribution in [0.1, 0.15) is 40.0 Å². The van der Waals surface area contributed by atoms with Crippen molar-refractivity contribution >= 4 is 15.7 Å². The summed E-state index contributed by atoms with van der Waals surface area (Å²) in [4.78, 5) is 18.7. The summed E-state index contributed by atoms with van der Waals surface area (Å²) in [6.45, 7) is 4.28. The van der Waals surface area contributed by atoms with Gasteiger partial charge in [-0.3, -0.25) is 4.79 Å². The van der Waals surface area contributed by atoms with E-state index in [9.17, 15) is 30.8 Å². The van der Waals surface area contributed by atoms with Crippen LogP contribution in [0.5, 0.6) is 0 Å². The molecular weight excluding hydrogens is 538 g/mol. The van der Waals surface area contributed by atoms with Crippen molar-refractivity contribution in [1.82, 2.24) is 14.5 Å². The third kappa shape index (κ3) is 6.74. The lowest BCUT2D eigenvalue weighted by Gasteiger charge is -2.23. The Morgan fingerprint density at radius 2 is 1.90 bits per heavy atom. The van der Waals surface area contributed by atoms with Gasteiger partial charge in [0.05, 0.1) is 42.4 Å². The number of rotatable bonds is 10. The second kappa shape index (κ2) is 11.7. The van der Waals surface area contributed by atoms with Crippen molar-refractivity contribution in [1.29, 1.82) is 0 Å². The number of nitrogens with zero attached hydrogens (tertiary/aromatic N) is 3. The highest BCUT2D eigenvalue weighted by Gasteiger charge is 2.31. The molecule has 1 fully saturated rings. The summed E-state index contributed by atoms with van der Waals surface area (Å²) >= 11 is 0. The Hall–Kier alpha value is -3.51. The maximum Gasteiger partial charge on any atom is 0.416 e. The molecule has 2 aromatic carbocycles. The van der Waals surface area contributed by atoms with Gasteiger partial charge in [0.15, 0.2) is 0 Å². The lowest BCUT2D eigenvalue weighted by atomic mass is 10.1. The average Bonchev–Trinajstić information content (AvgIpc) is 3.55. The molecule has 4 rings (SSSR count). The smallest absolute Gasteiger partial charge is 0.376 e. The minimum Gasteiger partial charge on any atom is -0.376 e. The Morgan fingerprint density at radius 3 is 2.51 bits per heavy atom. The second-order valence-electron chi connectivity index (χ2n) is 9.18. The predicted molar refractivity (Wildman–Crippen MR) is 135 cm³/mol. The Bertz CT molecular complexity index is 1430. The molecule has 3 aromatic rings. The molecule has 1 aliphatic heterocycles. The van der Waals surface area contributed by atoms with Crippen molar-refractivity contribution in [3.05, 3.63) is 95.6 Å². The van der Waals surface area contributed by atoms with Crippen molar-refractivity contribution in [3.63, 3.8) is 0 Å². The Kier molecular flexibility index (Phi) is 8.55. The predicted octanol–water partition coefficient (Wildman–Crippen LogP) is 5.02. The minimum atomic E-state index is -4.54. The van der Waals surface area contributed by atoms with E-state index in [1.807, 2.05) is 0 Å². The summed E-state index contributed by atoms with van der Waals surface area (Å²) in [6.07, 6.45) is -0.523. The molecule has 12 heteroatoms. The SMILES string of the molecule is C=CCN(Cc1cnc(S(=O)(=O)Cc2ccccc2F)n1CC1CCCO1)C(=O)c1ccc(C(F)(F)F)cc1. The van der Waals surface area contributed by atoms with Crippen LogP contribution >= 0.6 is 0 Å². The largest absolute Gasteiger partial charge is 0.416 e. The maximum atomic E-state index is 14.2. The standard InChI is InChI=1S/C27H27F4N3O4S/c1-2-13-33(25(35)19-9-11-21(12-10-19)27(29,30)31)16-22-15-32-26(34(22)17-23-7-5-14-38-23)39(36,37)18-20-6-3-4-8-24(20)28/h2-4,6,8-12,15,23H,1,5,7,13-14,16-18H2. The average molecular weight is 566 g/mol. The fourth-order valence-corrected chi connectivity index (χ4v) is 5.91. The van der Waals surface area contributed by atoms with Crippen LogP contribution in [0.3, 0.4) is 0 Å². The van der Waals surface area contributed by atoms with Gasteiger partial charge in [-0.2, -0.15) is 13.2 Å². The zero-order valence-corrected chi connectivity index (χ0v) is 21.7. The van der Waals surface area contributed by atoms with Gasteiger partial charge < -0.3 is 14.2 Å². The number of sulfone groups is 1.